The van der Waals surface area contributed by atoms with Crippen LogP contribution in [0.25, 0.3) is 0 Å². The maximum atomic E-state index is 11.8. The van der Waals surface area contributed by atoms with Gasteiger partial charge in [-0.25, -0.2) is 13.6 Å². The zero-order valence-corrected chi connectivity index (χ0v) is 10.0. The molecule has 0 bridgehead atoms. The number of H-pyrrole nitrogens is 1. The third-order valence-corrected chi connectivity index (χ3v) is 3.16. The second-order valence-corrected chi connectivity index (χ2v) is 4.83. The van der Waals surface area contributed by atoms with Crippen molar-refractivity contribution in [2.45, 2.75) is 18.7 Å². The van der Waals surface area contributed by atoms with Gasteiger partial charge >= 0.3 is 0 Å². The summed E-state index contributed by atoms with van der Waals surface area (Å²) in [5, 5.41) is 4.94. The molecule has 0 fully saturated rings. The second-order valence-electron chi connectivity index (χ2n) is 3.27. The third-order valence-electron chi connectivity index (χ3n) is 2.27. The number of nitrogens with one attached hydrogen (secondary N) is 1. The van der Waals surface area contributed by atoms with E-state index in [4.69, 9.17) is 5.14 Å². The molecule has 1 heterocycles. The molecule has 0 aliphatic carbocycles. The van der Waals surface area contributed by atoms with Crippen molar-refractivity contribution in [3.8, 4) is 0 Å². The molecular formula is C9H15N3O3S. The van der Waals surface area contributed by atoms with Crippen LogP contribution in [0.5, 0.6) is 0 Å². The fourth-order valence-electron chi connectivity index (χ4n) is 1.34. The average molecular weight is 245 g/mol. The number of primary sulfonamides is 1. The minimum atomic E-state index is -3.76. The zero-order valence-electron chi connectivity index (χ0n) is 9.23. The minimum absolute atomic E-state index is 0.0805. The maximum Gasteiger partial charge on any atom is 0.270 e. The van der Waals surface area contributed by atoms with E-state index in [1.54, 1.807) is 4.90 Å². The van der Waals surface area contributed by atoms with E-state index in [-0.39, 0.29) is 16.5 Å². The first-order chi connectivity index (χ1) is 7.40. The van der Waals surface area contributed by atoms with E-state index < -0.39 is 10.0 Å². The predicted octanol–water partition coefficient (Wildman–Crippen LogP) is 0.144. The molecule has 3 N–H and O–H groups in total. The van der Waals surface area contributed by atoms with Crippen molar-refractivity contribution in [2.75, 3.05) is 13.1 Å². The van der Waals surface area contributed by atoms with Crippen LogP contribution in [0.3, 0.4) is 0 Å². The van der Waals surface area contributed by atoms with Crippen molar-refractivity contribution in [1.82, 2.24) is 9.88 Å². The molecule has 6 nitrogen and oxygen atoms in total. The van der Waals surface area contributed by atoms with Crippen LogP contribution in [-0.4, -0.2) is 37.3 Å². The molecule has 0 radical (unpaired) electrons. The Kier molecular flexibility index (Phi) is 3.71. The zero-order chi connectivity index (χ0) is 12.3. The number of sulfonamides is 1. The Hall–Kier alpha value is -1.34. The van der Waals surface area contributed by atoms with Gasteiger partial charge in [-0.2, -0.15) is 0 Å². The fraction of sp³-hybridized carbons (Fsp3) is 0.444. The highest BCUT2D eigenvalue weighted by Crippen LogP contribution is 2.10. The van der Waals surface area contributed by atoms with Gasteiger partial charge in [-0.1, -0.05) is 0 Å². The molecule has 0 aliphatic heterocycles. The van der Waals surface area contributed by atoms with Gasteiger partial charge in [-0.3, -0.25) is 4.79 Å². The van der Waals surface area contributed by atoms with Gasteiger partial charge in [0.05, 0.1) is 4.90 Å². The topological polar surface area (TPSA) is 96.3 Å². The summed E-state index contributed by atoms with van der Waals surface area (Å²) in [6.45, 7) is 4.84. The molecular weight excluding hydrogens is 230 g/mol. The molecule has 1 rings (SSSR count). The van der Waals surface area contributed by atoms with Crippen LogP contribution in [0.4, 0.5) is 0 Å². The lowest BCUT2D eigenvalue weighted by Crippen LogP contribution is -2.30. The second kappa shape index (κ2) is 4.67. The SMILES string of the molecule is CCN(CC)C(=O)c1cc(S(N)(=O)=O)c[nH]1. The number of hydrogen-bond acceptors (Lipinski definition) is 3. The number of amides is 1. The number of aromatic nitrogens is 1. The van der Waals surface area contributed by atoms with E-state index in [2.05, 4.69) is 4.98 Å². The monoisotopic (exact) mass is 245 g/mol. The summed E-state index contributed by atoms with van der Waals surface area (Å²) in [5.74, 6) is -0.236. The molecule has 0 spiro atoms. The molecule has 90 valence electrons. The Bertz CT molecular complexity index is 474. The number of nitrogens with two attached hydrogens (primary N) is 1. The lowest BCUT2D eigenvalue weighted by molar-refractivity contribution is 0.0768. The van der Waals surface area contributed by atoms with Crippen molar-refractivity contribution in [3.63, 3.8) is 0 Å². The summed E-state index contributed by atoms with van der Waals surface area (Å²) in [7, 11) is -3.76. The summed E-state index contributed by atoms with van der Waals surface area (Å²) in [6, 6.07) is 1.25. The van der Waals surface area contributed by atoms with Gasteiger partial charge in [-0.15, -0.1) is 0 Å². The number of aromatic amines is 1. The summed E-state index contributed by atoms with van der Waals surface area (Å²) in [4.78, 5) is 15.9. The lowest BCUT2D eigenvalue weighted by Gasteiger charge is -2.17. The summed E-state index contributed by atoms with van der Waals surface area (Å²) in [6.07, 6.45) is 1.21. The Morgan fingerprint density at radius 1 is 1.44 bits per heavy atom. The van der Waals surface area contributed by atoms with Crippen molar-refractivity contribution in [2.24, 2.45) is 5.14 Å². The fourth-order valence-corrected chi connectivity index (χ4v) is 1.85. The van der Waals surface area contributed by atoms with Crippen molar-refractivity contribution >= 4 is 15.9 Å². The van der Waals surface area contributed by atoms with Crippen molar-refractivity contribution in [1.29, 1.82) is 0 Å². The van der Waals surface area contributed by atoms with Gasteiger partial charge < -0.3 is 9.88 Å². The summed E-state index contributed by atoms with van der Waals surface area (Å²) >= 11 is 0. The Labute approximate surface area is 94.5 Å². The van der Waals surface area contributed by atoms with E-state index in [0.29, 0.717) is 13.1 Å². The van der Waals surface area contributed by atoms with Crippen LogP contribution in [0.1, 0.15) is 24.3 Å². The first-order valence-electron chi connectivity index (χ1n) is 4.90. The Morgan fingerprint density at radius 2 is 2.00 bits per heavy atom. The molecule has 7 heteroatoms. The first-order valence-corrected chi connectivity index (χ1v) is 6.45. The van der Waals surface area contributed by atoms with Gasteiger partial charge in [-0.05, 0) is 19.9 Å². The van der Waals surface area contributed by atoms with Gasteiger partial charge in [0.2, 0.25) is 10.0 Å². The highest BCUT2D eigenvalue weighted by Gasteiger charge is 2.17. The molecule has 0 unspecified atom stereocenters. The quantitative estimate of drug-likeness (QED) is 0.789. The molecule has 1 amide bonds. The largest absolute Gasteiger partial charge is 0.356 e. The van der Waals surface area contributed by atoms with Gasteiger partial charge in [0.1, 0.15) is 5.69 Å². The molecule has 0 saturated carbocycles. The van der Waals surface area contributed by atoms with Gasteiger partial charge in [0, 0.05) is 19.3 Å². The highest BCUT2D eigenvalue weighted by atomic mass is 32.2. The molecule has 1 aromatic rings. The van der Waals surface area contributed by atoms with Crippen LogP contribution >= 0.6 is 0 Å². The first kappa shape index (κ1) is 12.7. The lowest BCUT2D eigenvalue weighted by atomic mass is 10.3. The number of rotatable bonds is 4. The van der Waals surface area contributed by atoms with Crippen molar-refractivity contribution < 1.29 is 13.2 Å². The smallest absolute Gasteiger partial charge is 0.270 e. The molecule has 1 aromatic heterocycles. The molecule has 0 saturated heterocycles. The summed E-state index contributed by atoms with van der Waals surface area (Å²) in [5.41, 5.74) is 0.229. The van der Waals surface area contributed by atoms with Crippen LogP contribution in [-0.2, 0) is 10.0 Å². The van der Waals surface area contributed by atoms with E-state index in [1.165, 1.54) is 12.3 Å². The third kappa shape index (κ3) is 2.61. The molecule has 0 aromatic carbocycles. The van der Waals surface area contributed by atoms with E-state index in [0.717, 1.165) is 0 Å². The van der Waals surface area contributed by atoms with Crippen molar-refractivity contribution in [3.05, 3.63) is 18.0 Å². The highest BCUT2D eigenvalue weighted by molar-refractivity contribution is 7.89. The average Bonchev–Trinajstić information content (AvgIpc) is 2.67. The van der Waals surface area contributed by atoms with Crippen LogP contribution in [0, 0.1) is 0 Å². The Morgan fingerprint density at radius 3 is 2.38 bits per heavy atom. The number of carbonyl (C=O) groups excluding carboxylic acids is 1. The van der Waals surface area contributed by atoms with Crippen LogP contribution < -0.4 is 5.14 Å². The van der Waals surface area contributed by atoms with Crippen LogP contribution in [0.15, 0.2) is 17.2 Å². The predicted molar refractivity (Wildman–Crippen MR) is 59.4 cm³/mol. The Balaban J connectivity index is 2.99. The van der Waals surface area contributed by atoms with E-state index in [1.807, 2.05) is 13.8 Å². The number of carbonyl (C=O) groups is 1. The minimum Gasteiger partial charge on any atom is -0.356 e. The van der Waals surface area contributed by atoms with E-state index >= 15 is 0 Å². The van der Waals surface area contributed by atoms with E-state index in [9.17, 15) is 13.2 Å². The number of nitrogens with zero attached hydrogens (tertiary/aromatic N) is 1. The molecule has 16 heavy (non-hydrogen) atoms. The summed E-state index contributed by atoms with van der Waals surface area (Å²) < 4.78 is 22.0. The molecule has 0 atom stereocenters. The van der Waals surface area contributed by atoms with Gasteiger partial charge in [0.15, 0.2) is 0 Å². The molecule has 0 aliphatic rings. The maximum absolute atomic E-state index is 11.8. The van der Waals surface area contributed by atoms with Gasteiger partial charge in [0.25, 0.3) is 5.91 Å². The normalized spacial score (nSPS) is 11.4. The number of hydrogen-bond donors (Lipinski definition) is 2. The standard InChI is InChI=1S/C9H15N3O3S/c1-3-12(4-2)9(13)8-5-7(6-11-8)16(10,14)15/h5-6,11H,3-4H2,1-2H3,(H2,10,14,15). The van der Waals surface area contributed by atoms with Crippen LogP contribution in [0.2, 0.25) is 0 Å².